The van der Waals surface area contributed by atoms with E-state index in [1.807, 2.05) is 0 Å². The quantitative estimate of drug-likeness (QED) is 0.819. The summed E-state index contributed by atoms with van der Waals surface area (Å²) in [6, 6.07) is 9.50. The molecule has 0 amide bonds. The summed E-state index contributed by atoms with van der Waals surface area (Å²) in [4.78, 5) is 21.0. The van der Waals surface area contributed by atoms with Gasteiger partial charge in [0.15, 0.2) is 0 Å². The third-order valence-corrected chi connectivity index (χ3v) is 2.27. The summed E-state index contributed by atoms with van der Waals surface area (Å²) in [6.07, 6.45) is 0.745. The summed E-state index contributed by atoms with van der Waals surface area (Å²) in [5, 5.41) is 8.67. The molecular formula is C13H10O5. The first-order chi connectivity index (χ1) is 8.69. The molecule has 0 aliphatic heterocycles. The van der Waals surface area contributed by atoms with Crippen LogP contribution in [0, 0.1) is 0 Å². The molecule has 0 saturated heterocycles. The minimum Gasteiger partial charge on any atom is -0.486 e. The average molecular weight is 246 g/mol. The lowest BCUT2D eigenvalue weighted by Gasteiger charge is -2.03. The lowest BCUT2D eigenvalue weighted by Crippen LogP contribution is -1.95. The molecule has 1 heterocycles. The summed E-state index contributed by atoms with van der Waals surface area (Å²) < 4.78 is 10.4. The summed E-state index contributed by atoms with van der Waals surface area (Å²) >= 11 is 0. The van der Waals surface area contributed by atoms with Crippen LogP contribution in [0.25, 0.3) is 0 Å². The van der Waals surface area contributed by atoms with E-state index in [-0.39, 0.29) is 12.4 Å². The van der Waals surface area contributed by atoms with Gasteiger partial charge in [-0.15, -0.1) is 0 Å². The SMILES string of the molecule is O=Cc1ccc(OCc2ccc(C(=O)O)o2)cc1. The number of carbonyl (C=O) groups excluding carboxylic acids is 1. The number of ether oxygens (including phenoxy) is 1. The lowest BCUT2D eigenvalue weighted by atomic mass is 10.2. The largest absolute Gasteiger partial charge is 0.486 e. The van der Waals surface area contributed by atoms with E-state index >= 15 is 0 Å². The topological polar surface area (TPSA) is 76.7 Å². The molecule has 0 saturated carbocycles. The first kappa shape index (κ1) is 11.9. The van der Waals surface area contributed by atoms with E-state index in [9.17, 15) is 9.59 Å². The minimum atomic E-state index is -1.11. The molecule has 92 valence electrons. The monoisotopic (exact) mass is 246 g/mol. The van der Waals surface area contributed by atoms with Gasteiger partial charge in [-0.05, 0) is 36.4 Å². The molecule has 0 radical (unpaired) electrons. The second-order valence-corrected chi connectivity index (χ2v) is 3.55. The maximum absolute atomic E-state index is 10.6. The molecule has 0 fully saturated rings. The second-order valence-electron chi connectivity index (χ2n) is 3.55. The van der Waals surface area contributed by atoms with Gasteiger partial charge in [0, 0.05) is 5.56 Å². The molecule has 5 heteroatoms. The van der Waals surface area contributed by atoms with E-state index in [0.717, 1.165) is 6.29 Å². The Labute approximate surface area is 103 Å². The van der Waals surface area contributed by atoms with Crippen LogP contribution in [0.2, 0.25) is 0 Å². The molecule has 0 aliphatic carbocycles. The maximum atomic E-state index is 10.6. The predicted molar refractivity (Wildman–Crippen MR) is 61.8 cm³/mol. The average Bonchev–Trinajstić information content (AvgIpc) is 2.86. The summed E-state index contributed by atoms with van der Waals surface area (Å²) in [7, 11) is 0. The van der Waals surface area contributed by atoms with Gasteiger partial charge in [0.05, 0.1) is 0 Å². The number of hydrogen-bond acceptors (Lipinski definition) is 4. The second kappa shape index (κ2) is 5.18. The number of aldehydes is 1. The first-order valence-electron chi connectivity index (χ1n) is 5.19. The molecule has 2 rings (SSSR count). The van der Waals surface area contributed by atoms with Crippen LogP contribution in [0.1, 0.15) is 26.7 Å². The Morgan fingerprint density at radius 1 is 1.22 bits per heavy atom. The van der Waals surface area contributed by atoms with Crippen molar-refractivity contribution in [2.75, 3.05) is 0 Å². The maximum Gasteiger partial charge on any atom is 0.371 e. The van der Waals surface area contributed by atoms with Crippen LogP contribution >= 0.6 is 0 Å². The van der Waals surface area contributed by atoms with Crippen molar-refractivity contribution in [2.45, 2.75) is 6.61 Å². The van der Waals surface area contributed by atoms with Gasteiger partial charge in [0.25, 0.3) is 0 Å². The van der Waals surface area contributed by atoms with Crippen molar-refractivity contribution in [1.29, 1.82) is 0 Å². The van der Waals surface area contributed by atoms with Crippen LogP contribution in [0.15, 0.2) is 40.8 Å². The van der Waals surface area contributed by atoms with E-state index in [4.69, 9.17) is 14.3 Å². The highest BCUT2D eigenvalue weighted by atomic mass is 16.5. The van der Waals surface area contributed by atoms with Crippen molar-refractivity contribution in [3.63, 3.8) is 0 Å². The summed E-state index contributed by atoms with van der Waals surface area (Å²) in [6.45, 7) is 0.133. The molecule has 1 aromatic carbocycles. The van der Waals surface area contributed by atoms with Crippen molar-refractivity contribution in [2.24, 2.45) is 0 Å². The lowest BCUT2D eigenvalue weighted by molar-refractivity contribution is 0.0658. The zero-order valence-electron chi connectivity index (χ0n) is 9.33. The van der Waals surface area contributed by atoms with Crippen LogP contribution in [0.5, 0.6) is 5.75 Å². The molecule has 0 atom stereocenters. The van der Waals surface area contributed by atoms with Crippen molar-refractivity contribution < 1.29 is 23.8 Å². The zero-order chi connectivity index (χ0) is 13.0. The number of benzene rings is 1. The van der Waals surface area contributed by atoms with Crippen LogP contribution in [0.3, 0.4) is 0 Å². The molecule has 0 bridgehead atoms. The smallest absolute Gasteiger partial charge is 0.371 e. The molecule has 0 unspecified atom stereocenters. The van der Waals surface area contributed by atoms with Crippen molar-refractivity contribution >= 4 is 12.3 Å². The molecule has 1 aromatic heterocycles. The van der Waals surface area contributed by atoms with E-state index in [1.165, 1.54) is 6.07 Å². The summed E-state index contributed by atoms with van der Waals surface area (Å²) in [5.41, 5.74) is 0.563. The number of carboxylic acid groups (broad SMARTS) is 1. The predicted octanol–water partition coefficient (Wildman–Crippen LogP) is 2.37. The van der Waals surface area contributed by atoms with E-state index in [0.29, 0.717) is 17.1 Å². The van der Waals surface area contributed by atoms with E-state index < -0.39 is 5.97 Å². The van der Waals surface area contributed by atoms with Gasteiger partial charge in [0.2, 0.25) is 5.76 Å². The number of furan rings is 1. The van der Waals surface area contributed by atoms with Gasteiger partial charge >= 0.3 is 5.97 Å². The van der Waals surface area contributed by atoms with E-state index in [1.54, 1.807) is 30.3 Å². The van der Waals surface area contributed by atoms with E-state index in [2.05, 4.69) is 0 Å². The number of aromatic carboxylic acids is 1. The standard InChI is InChI=1S/C13H10O5/c14-7-9-1-3-10(4-2-9)17-8-11-5-6-12(18-11)13(15)16/h1-7H,8H2,(H,15,16). The Hall–Kier alpha value is -2.56. The molecule has 0 spiro atoms. The van der Waals surface area contributed by atoms with Gasteiger partial charge in [-0.1, -0.05) is 0 Å². The third-order valence-electron chi connectivity index (χ3n) is 2.27. The van der Waals surface area contributed by atoms with Gasteiger partial charge in [-0.3, -0.25) is 4.79 Å². The highest BCUT2D eigenvalue weighted by molar-refractivity contribution is 5.84. The van der Waals surface area contributed by atoms with Crippen LogP contribution in [-0.4, -0.2) is 17.4 Å². The van der Waals surface area contributed by atoms with Crippen molar-refractivity contribution in [3.8, 4) is 5.75 Å². The molecular weight excluding hydrogens is 236 g/mol. The van der Waals surface area contributed by atoms with Crippen LogP contribution in [-0.2, 0) is 6.61 Å². The number of carbonyl (C=O) groups is 2. The molecule has 18 heavy (non-hydrogen) atoms. The summed E-state index contributed by atoms with van der Waals surface area (Å²) in [5.74, 6) is -0.234. The number of rotatable bonds is 5. The fourth-order valence-electron chi connectivity index (χ4n) is 1.37. The van der Waals surface area contributed by atoms with Crippen molar-refractivity contribution in [3.05, 3.63) is 53.5 Å². The Bertz CT molecular complexity index is 553. The zero-order valence-corrected chi connectivity index (χ0v) is 9.33. The normalized spacial score (nSPS) is 10.0. The number of carboxylic acids is 1. The first-order valence-corrected chi connectivity index (χ1v) is 5.19. The molecule has 0 aliphatic rings. The highest BCUT2D eigenvalue weighted by Crippen LogP contribution is 2.15. The van der Waals surface area contributed by atoms with Gasteiger partial charge in [-0.2, -0.15) is 0 Å². The minimum absolute atomic E-state index is 0.120. The fraction of sp³-hybridized carbons (Fsp3) is 0.0769. The van der Waals surface area contributed by atoms with Crippen LogP contribution < -0.4 is 4.74 Å². The highest BCUT2D eigenvalue weighted by Gasteiger charge is 2.09. The molecule has 1 N–H and O–H groups in total. The third kappa shape index (κ3) is 2.76. The Morgan fingerprint density at radius 2 is 1.94 bits per heavy atom. The van der Waals surface area contributed by atoms with Gasteiger partial charge in [-0.25, -0.2) is 4.79 Å². The Morgan fingerprint density at radius 3 is 2.50 bits per heavy atom. The van der Waals surface area contributed by atoms with Crippen molar-refractivity contribution in [1.82, 2.24) is 0 Å². The Balaban J connectivity index is 1.97. The van der Waals surface area contributed by atoms with Gasteiger partial charge < -0.3 is 14.3 Å². The van der Waals surface area contributed by atoms with Gasteiger partial charge in [0.1, 0.15) is 24.4 Å². The Kier molecular flexibility index (Phi) is 3.43. The van der Waals surface area contributed by atoms with Crippen LogP contribution in [0.4, 0.5) is 0 Å². The molecule has 2 aromatic rings. The fourth-order valence-corrected chi connectivity index (χ4v) is 1.37. The number of hydrogen-bond donors (Lipinski definition) is 1. The molecule has 5 nitrogen and oxygen atoms in total.